The highest BCUT2D eigenvalue weighted by Crippen LogP contribution is 2.30. The van der Waals surface area contributed by atoms with E-state index in [9.17, 15) is 28.0 Å². The fourth-order valence-corrected chi connectivity index (χ4v) is 4.86. The minimum absolute atomic E-state index is 0. The van der Waals surface area contributed by atoms with Crippen LogP contribution in [0.15, 0.2) is 36.4 Å². The lowest BCUT2D eigenvalue weighted by molar-refractivity contribution is -0.120. The fraction of sp³-hybridized carbons (Fsp3) is 0.543. The number of amides is 4. The van der Waals surface area contributed by atoms with Crippen LogP contribution < -0.4 is 30.2 Å². The van der Waals surface area contributed by atoms with E-state index >= 15 is 0 Å². The topological polar surface area (TPSA) is 142 Å². The van der Waals surface area contributed by atoms with Crippen molar-refractivity contribution in [3.8, 4) is 0 Å². The molecule has 4 saturated heterocycles. The zero-order valence-corrected chi connectivity index (χ0v) is 25.9. The van der Waals surface area contributed by atoms with Gasteiger partial charge in [-0.25, -0.2) is 18.4 Å². The van der Waals surface area contributed by atoms with E-state index in [4.69, 9.17) is 32.7 Å². The maximum absolute atomic E-state index is 14.8. The Bertz CT molecular complexity index is 1910. The molecule has 2 aromatic carbocycles. The number of hydrogen-bond acceptors (Lipinski definition) is 10. The average Bonchev–Trinajstić information content (AvgIpc) is 3.63. The molecule has 4 fully saturated rings. The van der Waals surface area contributed by atoms with Crippen molar-refractivity contribution >= 4 is 46.8 Å². The molecule has 6 rings (SSSR count). The van der Waals surface area contributed by atoms with Gasteiger partial charge < -0.3 is 39.4 Å². The molecule has 14 nitrogen and oxygen atoms in total. The summed E-state index contributed by atoms with van der Waals surface area (Å²) >= 11 is 0. The van der Waals surface area contributed by atoms with Gasteiger partial charge in [-0.2, -0.15) is 0 Å². The second kappa shape index (κ2) is 19.6. The van der Waals surface area contributed by atoms with E-state index in [1.54, 1.807) is 0 Å². The van der Waals surface area contributed by atoms with Crippen molar-refractivity contribution in [1.29, 1.82) is 0 Å². The molecule has 284 valence electrons. The number of anilines is 4. The van der Waals surface area contributed by atoms with Gasteiger partial charge >= 0.3 is 12.2 Å². The summed E-state index contributed by atoms with van der Waals surface area (Å²) in [6.45, 7) is -10.5. The Morgan fingerprint density at radius 2 is 1.16 bits per heavy atom. The minimum Gasteiger partial charge on any atom is -0.442 e. The van der Waals surface area contributed by atoms with Gasteiger partial charge in [-0.05, 0) is 36.4 Å². The summed E-state index contributed by atoms with van der Waals surface area (Å²) in [5.74, 6) is -2.46. The maximum atomic E-state index is 14.8. The highest BCUT2D eigenvalue weighted by atomic mass is 19.1. The Balaban J connectivity index is 0.000000401. The van der Waals surface area contributed by atoms with Gasteiger partial charge in [0.15, 0.2) is 0 Å². The summed E-state index contributed by atoms with van der Waals surface area (Å²) in [7, 11) is 0. The van der Waals surface area contributed by atoms with Crippen LogP contribution in [0.4, 0.5) is 41.1 Å². The van der Waals surface area contributed by atoms with Gasteiger partial charge in [0.05, 0.1) is 88.8 Å². The molecule has 0 unspecified atom stereocenters. The van der Waals surface area contributed by atoms with E-state index in [-0.39, 0.29) is 83.7 Å². The van der Waals surface area contributed by atoms with Crippen molar-refractivity contribution in [3.63, 3.8) is 0 Å². The van der Waals surface area contributed by atoms with E-state index in [1.807, 2.05) is 0 Å². The molecule has 0 aromatic heterocycles. The molecule has 0 bridgehead atoms. The predicted molar refractivity (Wildman–Crippen MR) is 192 cm³/mol. The van der Waals surface area contributed by atoms with Crippen LogP contribution in [0.2, 0.25) is 0 Å². The van der Waals surface area contributed by atoms with Crippen LogP contribution in [0.25, 0.3) is 0 Å². The highest BCUT2D eigenvalue weighted by molar-refractivity contribution is 5.91. The van der Waals surface area contributed by atoms with Crippen LogP contribution in [0, 0.1) is 11.6 Å². The van der Waals surface area contributed by atoms with Crippen molar-refractivity contribution < 1.29 is 60.6 Å². The van der Waals surface area contributed by atoms with Gasteiger partial charge in [0, 0.05) is 40.0 Å². The van der Waals surface area contributed by atoms with Crippen molar-refractivity contribution in [2.75, 3.05) is 98.1 Å². The zero-order valence-electron chi connectivity index (χ0n) is 35.9. The number of carbonyl (C=O) groups is 4. The lowest BCUT2D eigenvalue weighted by Gasteiger charge is -2.29. The predicted octanol–water partition coefficient (Wildman–Crippen LogP) is 4.16. The normalized spacial score (nSPS) is 26.8. The third-order valence-corrected chi connectivity index (χ3v) is 7.15. The van der Waals surface area contributed by atoms with E-state index in [0.717, 1.165) is 24.0 Å². The molecule has 4 heterocycles. The molecule has 4 aliphatic heterocycles. The van der Waals surface area contributed by atoms with Gasteiger partial charge in [0.25, 0.3) is 0 Å². The number of nitrogens with zero attached hydrogens (tertiary/aromatic N) is 4. The Morgan fingerprint density at radius 1 is 0.745 bits per heavy atom. The van der Waals surface area contributed by atoms with Crippen LogP contribution >= 0.6 is 0 Å². The molecule has 0 saturated carbocycles. The molecule has 4 aliphatic rings. The summed E-state index contributed by atoms with van der Waals surface area (Å²) in [6.07, 6.45) is -3.45. The molecule has 0 aliphatic carbocycles. The molecule has 2 N–H and O–H groups in total. The maximum Gasteiger partial charge on any atom is 0.414 e. The summed E-state index contributed by atoms with van der Waals surface area (Å²) in [5.41, 5.74) is 0.243. The monoisotopic (exact) mass is 732 g/mol. The number of halogens is 2. The van der Waals surface area contributed by atoms with Gasteiger partial charge in [0.2, 0.25) is 11.8 Å². The molecule has 2 aromatic rings. The second-order valence-electron chi connectivity index (χ2n) is 10.6. The number of hydrogen-bond donors (Lipinski definition) is 2. The van der Waals surface area contributed by atoms with E-state index in [0.29, 0.717) is 0 Å². The lowest BCUT2D eigenvalue weighted by Crippen LogP contribution is -2.36. The third-order valence-electron chi connectivity index (χ3n) is 7.15. The van der Waals surface area contributed by atoms with Gasteiger partial charge in [0.1, 0.15) is 23.8 Å². The average molecular weight is 733 g/mol. The Kier molecular flexibility index (Phi) is 11.1. The van der Waals surface area contributed by atoms with Crippen LogP contribution in [0.5, 0.6) is 0 Å². The summed E-state index contributed by atoms with van der Waals surface area (Å²) in [4.78, 5) is 51.0. The minimum atomic E-state index is -2.33. The van der Waals surface area contributed by atoms with Crippen LogP contribution in [-0.4, -0.2) is 115 Å². The summed E-state index contributed by atoms with van der Waals surface area (Å²) < 4.78 is 126. The van der Waals surface area contributed by atoms with Crippen molar-refractivity contribution in [3.05, 3.63) is 48.0 Å². The summed E-state index contributed by atoms with van der Waals surface area (Å²) in [5, 5.41) is 4.61. The highest BCUT2D eigenvalue weighted by Gasteiger charge is 2.34. The first-order valence-corrected chi connectivity index (χ1v) is 14.6. The van der Waals surface area contributed by atoms with Crippen molar-refractivity contribution in [1.82, 2.24) is 10.6 Å². The third kappa shape index (κ3) is 11.1. The SMILES string of the molecule is C.C.C.[2H]C1([2H])CN(c2ccc(N3C[C@H](C([2H])([2H])NC(C)=O)OC3=O)cc2F)CC([2H])([2H])O1.[2H]C1([2H])CN(c2ccc(N3C[C@H](CNC(C)=O)OC3=O)cc2F)CC([2H])([2H])O1. The second-order valence-corrected chi connectivity index (χ2v) is 10.6. The van der Waals surface area contributed by atoms with E-state index in [2.05, 4.69) is 10.6 Å². The number of rotatable bonds is 8. The first-order valence-electron chi connectivity index (χ1n) is 19.6. The Morgan fingerprint density at radius 3 is 1.57 bits per heavy atom. The van der Waals surface area contributed by atoms with E-state index < -0.39 is 87.8 Å². The fourth-order valence-electron chi connectivity index (χ4n) is 4.86. The molecule has 16 heteroatoms. The Hall–Kier alpha value is -4.70. The zero-order chi connectivity index (χ0) is 43.2. The van der Waals surface area contributed by atoms with Gasteiger partial charge in [-0.1, -0.05) is 22.3 Å². The van der Waals surface area contributed by atoms with Crippen LogP contribution in [-0.2, 0) is 28.5 Å². The number of benzene rings is 2. The first kappa shape index (κ1) is 28.9. The number of nitrogens with one attached hydrogen (secondary N) is 2. The number of morpholine rings is 2. The van der Waals surface area contributed by atoms with Crippen molar-refractivity contribution in [2.24, 2.45) is 0 Å². The largest absolute Gasteiger partial charge is 0.442 e. The summed E-state index contributed by atoms with van der Waals surface area (Å²) in [6, 6.07) is 7.56. The molecule has 2 atom stereocenters. The Labute approximate surface area is 313 Å². The van der Waals surface area contributed by atoms with Crippen LogP contribution in [0.1, 0.15) is 49.8 Å². The van der Waals surface area contributed by atoms with Gasteiger partial charge in [-0.15, -0.1) is 0 Å². The molecule has 51 heavy (non-hydrogen) atoms. The first-order chi connectivity index (χ1) is 26.6. The molecule has 4 amide bonds. The number of ether oxygens (including phenoxy) is 4. The number of cyclic esters (lactones) is 2. The lowest BCUT2D eigenvalue weighted by atomic mass is 10.2. The smallest absolute Gasteiger partial charge is 0.414 e. The van der Waals surface area contributed by atoms with Crippen LogP contribution in [0.3, 0.4) is 0 Å². The molecule has 0 radical (unpaired) electrons. The quantitative estimate of drug-likeness (QED) is 0.407. The van der Waals surface area contributed by atoms with Gasteiger partial charge in [-0.3, -0.25) is 19.4 Å². The standard InChI is InChI=1S/2C16H20FN3O4.3CH4/c2*1-11(21)18-9-13-10-20(16(22)24-13)12-2-3-15(14(17)8-12)19-4-6-23-7-5-19;;;/h2*2-3,8,13H,4-7,9-10H2,1H3,(H,18,21);3*1H4/t2*13-;;;/m00.../s1/i6D2,7D2,9D2;6D2,7D2;;;. The number of carbonyl (C=O) groups excluding carboxylic acids is 4. The molecule has 0 spiro atoms. The van der Waals surface area contributed by atoms with Crippen molar-refractivity contribution in [2.45, 2.75) is 48.3 Å². The molecular formula is C35H52F2N6O8. The molecular weight excluding hydrogens is 670 g/mol. The van der Waals surface area contributed by atoms with E-state index in [1.165, 1.54) is 45.9 Å².